The number of aliphatic hydroxyl groups is 1. The van der Waals surface area contributed by atoms with Gasteiger partial charge < -0.3 is 5.11 Å². The lowest BCUT2D eigenvalue weighted by molar-refractivity contribution is 0.209. The van der Waals surface area contributed by atoms with Crippen molar-refractivity contribution in [1.29, 1.82) is 0 Å². The molecule has 1 unspecified atom stereocenters. The molecule has 0 saturated carbocycles. The second kappa shape index (κ2) is 5.84. The molecule has 0 amide bonds. The van der Waals surface area contributed by atoms with Gasteiger partial charge in [-0.05, 0) is 12.5 Å². The van der Waals surface area contributed by atoms with Crippen molar-refractivity contribution in [3.63, 3.8) is 0 Å². The van der Waals surface area contributed by atoms with Gasteiger partial charge in [0.15, 0.2) is 0 Å². The maximum atomic E-state index is 10.8. The predicted octanol–water partition coefficient (Wildman–Crippen LogP) is 3.58. The maximum absolute atomic E-state index is 10.8. The van der Waals surface area contributed by atoms with Gasteiger partial charge in [-0.3, -0.25) is 9.67 Å². The molecule has 1 aromatic carbocycles. The molecule has 0 radical (unpaired) electrons. The standard InChI is InChI=1S/C16H16ClN3O/c1-2-9-20-15(13(17)10-19-20)16(21)12-7-3-5-11-6-4-8-18-14(11)12/h3-8,10,16,21H,2,9H2,1H3. The molecule has 0 bridgehead atoms. The molecular weight excluding hydrogens is 286 g/mol. The van der Waals surface area contributed by atoms with E-state index >= 15 is 0 Å². The van der Waals surface area contributed by atoms with Crippen LogP contribution in [0.15, 0.2) is 42.7 Å². The average molecular weight is 302 g/mol. The van der Waals surface area contributed by atoms with Crippen molar-refractivity contribution in [2.75, 3.05) is 0 Å². The lowest BCUT2D eigenvalue weighted by Gasteiger charge is -2.15. The van der Waals surface area contributed by atoms with Crippen LogP contribution in [0, 0.1) is 0 Å². The first-order valence-corrected chi connectivity index (χ1v) is 7.33. The third-order valence-electron chi connectivity index (χ3n) is 3.49. The molecule has 21 heavy (non-hydrogen) atoms. The van der Waals surface area contributed by atoms with Crippen molar-refractivity contribution in [1.82, 2.24) is 14.8 Å². The molecule has 1 atom stereocenters. The lowest BCUT2D eigenvalue weighted by Crippen LogP contribution is -2.11. The fourth-order valence-electron chi connectivity index (χ4n) is 2.53. The molecule has 0 saturated heterocycles. The van der Waals surface area contributed by atoms with Gasteiger partial charge in [0.2, 0.25) is 0 Å². The molecule has 0 aliphatic rings. The van der Waals surface area contributed by atoms with Crippen molar-refractivity contribution < 1.29 is 5.11 Å². The molecule has 108 valence electrons. The summed E-state index contributed by atoms with van der Waals surface area (Å²) in [5.41, 5.74) is 2.15. The highest BCUT2D eigenvalue weighted by molar-refractivity contribution is 6.31. The molecule has 5 heteroatoms. The number of nitrogens with zero attached hydrogens (tertiary/aromatic N) is 3. The van der Waals surface area contributed by atoms with E-state index in [1.54, 1.807) is 17.1 Å². The molecule has 0 aliphatic heterocycles. The summed E-state index contributed by atoms with van der Waals surface area (Å²) in [7, 11) is 0. The molecule has 0 aliphatic carbocycles. The summed E-state index contributed by atoms with van der Waals surface area (Å²) in [5, 5.41) is 16.5. The van der Waals surface area contributed by atoms with E-state index in [1.807, 2.05) is 30.3 Å². The minimum atomic E-state index is -0.842. The van der Waals surface area contributed by atoms with Crippen molar-refractivity contribution >= 4 is 22.5 Å². The van der Waals surface area contributed by atoms with Crippen LogP contribution in [0.3, 0.4) is 0 Å². The second-order valence-corrected chi connectivity index (χ2v) is 5.33. The van der Waals surface area contributed by atoms with E-state index in [1.165, 1.54) is 0 Å². The minimum Gasteiger partial charge on any atom is -0.382 e. The molecule has 3 rings (SSSR count). The van der Waals surface area contributed by atoms with E-state index < -0.39 is 6.10 Å². The predicted molar refractivity (Wildman–Crippen MR) is 83.3 cm³/mol. The molecule has 1 N–H and O–H groups in total. The van der Waals surface area contributed by atoms with Crippen LogP contribution in [0.5, 0.6) is 0 Å². The Bertz CT molecular complexity index is 764. The van der Waals surface area contributed by atoms with Crippen LogP contribution >= 0.6 is 11.6 Å². The van der Waals surface area contributed by atoms with E-state index in [0.717, 1.165) is 29.4 Å². The highest BCUT2D eigenvalue weighted by Crippen LogP contribution is 2.31. The minimum absolute atomic E-state index is 0.476. The lowest BCUT2D eigenvalue weighted by atomic mass is 10.0. The first-order chi connectivity index (χ1) is 10.2. The molecule has 3 aromatic rings. The van der Waals surface area contributed by atoms with Crippen molar-refractivity contribution in [2.24, 2.45) is 0 Å². The Morgan fingerprint density at radius 2 is 2.10 bits per heavy atom. The third-order valence-corrected chi connectivity index (χ3v) is 3.78. The van der Waals surface area contributed by atoms with Gasteiger partial charge in [0.1, 0.15) is 6.10 Å². The van der Waals surface area contributed by atoms with E-state index in [2.05, 4.69) is 17.0 Å². The maximum Gasteiger partial charge on any atom is 0.124 e. The number of aliphatic hydroxyl groups excluding tert-OH is 1. The first kappa shape index (κ1) is 14.0. The monoisotopic (exact) mass is 301 g/mol. The van der Waals surface area contributed by atoms with Crippen molar-refractivity contribution in [3.05, 3.63) is 59.0 Å². The van der Waals surface area contributed by atoms with Crippen LogP contribution < -0.4 is 0 Å². The molecule has 2 aromatic heterocycles. The summed E-state index contributed by atoms with van der Waals surface area (Å²) in [6, 6.07) is 9.62. The zero-order valence-electron chi connectivity index (χ0n) is 11.7. The quantitative estimate of drug-likeness (QED) is 0.801. The van der Waals surface area contributed by atoms with Gasteiger partial charge in [0.25, 0.3) is 0 Å². The van der Waals surface area contributed by atoms with Crippen molar-refractivity contribution in [2.45, 2.75) is 26.0 Å². The van der Waals surface area contributed by atoms with Gasteiger partial charge in [-0.25, -0.2) is 0 Å². The number of pyridine rings is 1. The van der Waals surface area contributed by atoms with Crippen LogP contribution in [-0.4, -0.2) is 19.9 Å². The number of rotatable bonds is 4. The van der Waals surface area contributed by atoms with Gasteiger partial charge in [0, 0.05) is 23.7 Å². The van der Waals surface area contributed by atoms with Gasteiger partial charge >= 0.3 is 0 Å². The molecule has 4 nitrogen and oxygen atoms in total. The number of aryl methyl sites for hydroxylation is 1. The summed E-state index contributed by atoms with van der Waals surface area (Å²) in [6.45, 7) is 2.78. The van der Waals surface area contributed by atoms with E-state index in [9.17, 15) is 5.11 Å². The number of hydrogen-bond acceptors (Lipinski definition) is 3. The van der Waals surface area contributed by atoms with Gasteiger partial charge in [0.05, 0.1) is 22.4 Å². The summed E-state index contributed by atoms with van der Waals surface area (Å²) in [5.74, 6) is 0. The Hall–Kier alpha value is -1.91. The number of fused-ring (bicyclic) bond motifs is 1. The molecular formula is C16H16ClN3O. The van der Waals surface area contributed by atoms with Crippen molar-refractivity contribution in [3.8, 4) is 0 Å². The fraction of sp³-hybridized carbons (Fsp3) is 0.250. The highest BCUT2D eigenvalue weighted by atomic mass is 35.5. The topological polar surface area (TPSA) is 50.9 Å². The summed E-state index contributed by atoms with van der Waals surface area (Å²) in [4.78, 5) is 4.38. The van der Waals surface area contributed by atoms with Crippen LogP contribution in [0.1, 0.15) is 30.7 Å². The highest BCUT2D eigenvalue weighted by Gasteiger charge is 2.21. The number of hydrogen-bond donors (Lipinski definition) is 1. The zero-order chi connectivity index (χ0) is 14.8. The SMILES string of the molecule is CCCn1ncc(Cl)c1C(O)c1cccc2cccnc12. The summed E-state index contributed by atoms with van der Waals surface area (Å²) < 4.78 is 1.76. The normalized spacial score (nSPS) is 12.7. The Morgan fingerprint density at radius 1 is 1.29 bits per heavy atom. The average Bonchev–Trinajstić information content (AvgIpc) is 2.87. The number of aromatic nitrogens is 3. The Labute approximate surface area is 128 Å². The van der Waals surface area contributed by atoms with E-state index in [-0.39, 0.29) is 0 Å². The van der Waals surface area contributed by atoms with Crippen LogP contribution in [0.25, 0.3) is 10.9 Å². The zero-order valence-corrected chi connectivity index (χ0v) is 12.5. The van der Waals surface area contributed by atoms with Crippen LogP contribution in [-0.2, 0) is 6.54 Å². The van der Waals surface area contributed by atoms with E-state index in [4.69, 9.17) is 11.6 Å². The fourth-order valence-corrected chi connectivity index (χ4v) is 2.77. The Balaban J connectivity index is 2.13. The summed E-state index contributed by atoms with van der Waals surface area (Å²) >= 11 is 6.21. The van der Waals surface area contributed by atoms with E-state index in [0.29, 0.717) is 10.7 Å². The first-order valence-electron chi connectivity index (χ1n) is 6.95. The second-order valence-electron chi connectivity index (χ2n) is 4.93. The molecule has 0 spiro atoms. The van der Waals surface area contributed by atoms with Gasteiger partial charge in [-0.1, -0.05) is 42.8 Å². The Morgan fingerprint density at radius 3 is 2.90 bits per heavy atom. The molecule has 2 heterocycles. The Kier molecular flexibility index (Phi) is 3.90. The van der Waals surface area contributed by atoms with Gasteiger partial charge in [-0.2, -0.15) is 5.10 Å². The van der Waals surface area contributed by atoms with Crippen LogP contribution in [0.2, 0.25) is 5.02 Å². The largest absolute Gasteiger partial charge is 0.382 e. The smallest absolute Gasteiger partial charge is 0.124 e. The summed E-state index contributed by atoms with van der Waals surface area (Å²) in [6.07, 6.45) is 3.38. The number of para-hydroxylation sites is 1. The van der Waals surface area contributed by atoms with Gasteiger partial charge in [-0.15, -0.1) is 0 Å². The number of halogens is 1. The molecule has 0 fully saturated rings. The van der Waals surface area contributed by atoms with Crippen LogP contribution in [0.4, 0.5) is 0 Å². The number of benzene rings is 1. The third kappa shape index (κ3) is 2.52.